The fourth-order valence-electron chi connectivity index (χ4n) is 2.19. The number of rotatable bonds is 6. The van der Waals surface area contributed by atoms with Crippen molar-refractivity contribution in [3.8, 4) is 0 Å². The molecule has 20 heavy (non-hydrogen) atoms. The van der Waals surface area contributed by atoms with E-state index >= 15 is 0 Å². The van der Waals surface area contributed by atoms with E-state index in [1.54, 1.807) is 12.4 Å². The van der Waals surface area contributed by atoms with Gasteiger partial charge in [0.15, 0.2) is 11.5 Å². The Balaban J connectivity index is 2.36. The first kappa shape index (κ1) is 14.6. The largest absolute Gasteiger partial charge is 0.382 e. The highest BCUT2D eigenvalue weighted by atomic mass is 15.2. The fraction of sp³-hybridized carbons (Fsp3) is 0.571. The number of nitrogens with two attached hydrogens (primary N) is 1. The maximum atomic E-state index is 5.91. The van der Waals surface area contributed by atoms with Gasteiger partial charge in [0.25, 0.3) is 0 Å². The summed E-state index contributed by atoms with van der Waals surface area (Å²) in [5.74, 6) is 1.94. The smallest absolute Gasteiger partial charge is 0.180 e. The third kappa shape index (κ3) is 3.39. The first-order valence-electron chi connectivity index (χ1n) is 6.96. The minimum atomic E-state index is 0.518. The van der Waals surface area contributed by atoms with E-state index in [0.29, 0.717) is 11.7 Å². The van der Waals surface area contributed by atoms with Gasteiger partial charge >= 0.3 is 0 Å². The zero-order chi connectivity index (χ0) is 14.7. The van der Waals surface area contributed by atoms with Gasteiger partial charge in [-0.25, -0.2) is 9.97 Å². The van der Waals surface area contributed by atoms with E-state index in [2.05, 4.69) is 47.7 Å². The summed E-state index contributed by atoms with van der Waals surface area (Å²) in [5, 5.41) is 0. The quantitative estimate of drug-likeness (QED) is 0.862. The molecule has 0 atom stereocenters. The number of hydrogen-bond acceptors (Lipinski definition) is 5. The molecular weight excluding hydrogens is 252 g/mol. The first-order chi connectivity index (χ1) is 9.47. The second kappa shape index (κ2) is 6.09. The SMILES string of the molecule is CC(C)CN(CCN(C)C)c1nc(N)cn2ccnc12. The molecule has 6 nitrogen and oxygen atoms in total. The second-order valence-electron chi connectivity index (χ2n) is 5.79. The number of nitrogen functional groups attached to an aromatic ring is 1. The van der Waals surface area contributed by atoms with Gasteiger partial charge in [-0.3, -0.25) is 0 Å². The number of fused-ring (bicyclic) bond motifs is 1. The molecule has 110 valence electrons. The van der Waals surface area contributed by atoms with Gasteiger partial charge < -0.3 is 19.9 Å². The monoisotopic (exact) mass is 276 g/mol. The van der Waals surface area contributed by atoms with Crippen molar-refractivity contribution in [3.63, 3.8) is 0 Å². The molecule has 6 heteroatoms. The molecule has 0 saturated heterocycles. The van der Waals surface area contributed by atoms with E-state index in [9.17, 15) is 0 Å². The molecule has 0 aliphatic heterocycles. The number of anilines is 2. The summed E-state index contributed by atoms with van der Waals surface area (Å²) in [6.07, 6.45) is 5.47. The molecule has 0 unspecified atom stereocenters. The molecule has 2 N–H and O–H groups in total. The lowest BCUT2D eigenvalue weighted by Crippen LogP contribution is -2.35. The molecule has 0 aliphatic carbocycles. The van der Waals surface area contributed by atoms with E-state index < -0.39 is 0 Å². The maximum absolute atomic E-state index is 5.91. The summed E-state index contributed by atoms with van der Waals surface area (Å²) in [4.78, 5) is 13.3. The van der Waals surface area contributed by atoms with Crippen LogP contribution in [0.2, 0.25) is 0 Å². The highest BCUT2D eigenvalue weighted by Gasteiger charge is 2.15. The number of nitrogens with zero attached hydrogens (tertiary/aromatic N) is 5. The van der Waals surface area contributed by atoms with Gasteiger partial charge in [0.1, 0.15) is 5.82 Å². The summed E-state index contributed by atoms with van der Waals surface area (Å²) in [5.41, 5.74) is 6.77. The van der Waals surface area contributed by atoms with Crippen LogP contribution in [0.5, 0.6) is 0 Å². The molecule has 0 saturated carbocycles. The third-order valence-electron chi connectivity index (χ3n) is 3.08. The molecule has 2 heterocycles. The van der Waals surface area contributed by atoms with Crippen molar-refractivity contribution in [2.45, 2.75) is 13.8 Å². The summed E-state index contributed by atoms with van der Waals surface area (Å²) < 4.78 is 1.93. The zero-order valence-electron chi connectivity index (χ0n) is 12.7. The second-order valence-corrected chi connectivity index (χ2v) is 5.79. The molecule has 0 fully saturated rings. The van der Waals surface area contributed by atoms with Crippen LogP contribution in [-0.4, -0.2) is 53.0 Å². The van der Waals surface area contributed by atoms with Crippen molar-refractivity contribution in [1.29, 1.82) is 0 Å². The van der Waals surface area contributed by atoms with Crippen molar-refractivity contribution in [1.82, 2.24) is 19.3 Å². The van der Waals surface area contributed by atoms with Gasteiger partial charge in [-0.1, -0.05) is 13.8 Å². The predicted molar refractivity (Wildman–Crippen MR) is 83.0 cm³/mol. The van der Waals surface area contributed by atoms with Crippen LogP contribution in [0, 0.1) is 5.92 Å². The molecule has 2 rings (SSSR count). The lowest BCUT2D eigenvalue weighted by Gasteiger charge is -2.27. The molecule has 0 radical (unpaired) electrons. The Bertz CT molecular complexity index is 560. The maximum Gasteiger partial charge on any atom is 0.180 e. The number of hydrogen-bond donors (Lipinski definition) is 1. The summed E-state index contributed by atoms with van der Waals surface area (Å²) in [6, 6.07) is 0. The molecule has 2 aromatic heterocycles. The van der Waals surface area contributed by atoms with Gasteiger partial charge in [-0.2, -0.15) is 0 Å². The van der Waals surface area contributed by atoms with E-state index in [4.69, 9.17) is 5.73 Å². The molecule has 0 aliphatic rings. The Morgan fingerprint density at radius 1 is 1.30 bits per heavy atom. The van der Waals surface area contributed by atoms with E-state index in [1.165, 1.54) is 0 Å². The minimum Gasteiger partial charge on any atom is -0.382 e. The number of aromatic nitrogens is 3. The lowest BCUT2D eigenvalue weighted by atomic mass is 10.2. The predicted octanol–water partition coefficient (Wildman–Crippen LogP) is 1.34. The van der Waals surface area contributed by atoms with E-state index in [0.717, 1.165) is 31.1 Å². The van der Waals surface area contributed by atoms with Gasteiger partial charge in [0, 0.05) is 32.0 Å². The summed E-state index contributed by atoms with van der Waals surface area (Å²) in [6.45, 7) is 7.22. The highest BCUT2D eigenvalue weighted by molar-refractivity contribution is 5.66. The average molecular weight is 276 g/mol. The molecule has 0 bridgehead atoms. The normalized spacial score (nSPS) is 11.7. The van der Waals surface area contributed by atoms with Crippen LogP contribution >= 0.6 is 0 Å². The Morgan fingerprint density at radius 3 is 2.70 bits per heavy atom. The Kier molecular flexibility index (Phi) is 4.44. The van der Waals surface area contributed by atoms with E-state index in [-0.39, 0.29) is 0 Å². The Hall–Kier alpha value is -1.82. The van der Waals surface area contributed by atoms with Crippen molar-refractivity contribution < 1.29 is 0 Å². The van der Waals surface area contributed by atoms with Crippen LogP contribution < -0.4 is 10.6 Å². The number of imidazole rings is 1. The minimum absolute atomic E-state index is 0.518. The van der Waals surface area contributed by atoms with Crippen LogP contribution in [0.25, 0.3) is 5.65 Å². The van der Waals surface area contributed by atoms with Gasteiger partial charge in [0.05, 0.1) is 6.20 Å². The molecule has 2 aromatic rings. The standard InChI is InChI=1S/C14H24N6/c1-11(2)9-20(8-7-18(3)4)14-13-16-5-6-19(13)10-12(15)17-14/h5-6,10-11H,7-9,15H2,1-4H3. The van der Waals surface area contributed by atoms with Gasteiger partial charge in [-0.05, 0) is 20.0 Å². The van der Waals surface area contributed by atoms with Crippen molar-refractivity contribution >= 4 is 17.3 Å². The third-order valence-corrected chi connectivity index (χ3v) is 3.08. The van der Waals surface area contributed by atoms with Crippen molar-refractivity contribution in [2.75, 3.05) is 44.4 Å². The molecule has 0 amide bonds. The summed E-state index contributed by atoms with van der Waals surface area (Å²) >= 11 is 0. The van der Waals surface area contributed by atoms with Crippen molar-refractivity contribution in [2.24, 2.45) is 5.92 Å². The summed E-state index contributed by atoms with van der Waals surface area (Å²) in [7, 11) is 4.15. The van der Waals surface area contributed by atoms with Crippen LogP contribution in [0.3, 0.4) is 0 Å². The molecular formula is C14H24N6. The zero-order valence-corrected chi connectivity index (χ0v) is 12.7. The average Bonchev–Trinajstić information content (AvgIpc) is 2.80. The highest BCUT2D eigenvalue weighted by Crippen LogP contribution is 2.20. The van der Waals surface area contributed by atoms with Crippen LogP contribution in [0.15, 0.2) is 18.6 Å². The fourth-order valence-corrected chi connectivity index (χ4v) is 2.19. The molecule has 0 aromatic carbocycles. The van der Waals surface area contributed by atoms with Crippen LogP contribution in [0.4, 0.5) is 11.6 Å². The van der Waals surface area contributed by atoms with Crippen LogP contribution in [0.1, 0.15) is 13.8 Å². The first-order valence-corrected chi connectivity index (χ1v) is 6.96. The number of likely N-dealkylation sites (N-methyl/N-ethyl adjacent to an activating group) is 1. The van der Waals surface area contributed by atoms with Gasteiger partial charge in [-0.15, -0.1) is 0 Å². The van der Waals surface area contributed by atoms with Crippen molar-refractivity contribution in [3.05, 3.63) is 18.6 Å². The molecule has 0 spiro atoms. The van der Waals surface area contributed by atoms with E-state index in [1.807, 2.05) is 10.6 Å². The Morgan fingerprint density at radius 2 is 2.05 bits per heavy atom. The van der Waals surface area contributed by atoms with Gasteiger partial charge in [0.2, 0.25) is 0 Å². The van der Waals surface area contributed by atoms with Crippen LogP contribution in [-0.2, 0) is 0 Å². The topological polar surface area (TPSA) is 62.7 Å². The Labute approximate surface area is 120 Å². The lowest BCUT2D eigenvalue weighted by molar-refractivity contribution is 0.408.